The molecule has 6 rings (SSSR count). The SMILES string of the molecule is [C-]#[N+]c1ccc(N(c2cccc(Cl)c2Cl)c2ccc3ccc4cccc5ccc2c3c45)cc1. The first-order valence-electron chi connectivity index (χ1n) is 10.5. The van der Waals surface area contributed by atoms with Crippen LogP contribution in [-0.2, 0) is 0 Å². The Morgan fingerprint density at radius 1 is 0.606 bits per heavy atom. The normalized spacial score (nSPS) is 11.3. The zero-order valence-electron chi connectivity index (χ0n) is 17.4. The molecule has 0 bridgehead atoms. The molecule has 0 aliphatic carbocycles. The summed E-state index contributed by atoms with van der Waals surface area (Å²) in [7, 11) is 0. The van der Waals surface area contributed by atoms with E-state index in [1.807, 2.05) is 36.4 Å². The lowest BCUT2D eigenvalue weighted by Gasteiger charge is -2.28. The van der Waals surface area contributed by atoms with Crippen molar-refractivity contribution in [2.24, 2.45) is 0 Å². The molecule has 33 heavy (non-hydrogen) atoms. The lowest BCUT2D eigenvalue weighted by Crippen LogP contribution is -2.11. The van der Waals surface area contributed by atoms with Crippen LogP contribution >= 0.6 is 23.2 Å². The molecule has 0 heterocycles. The van der Waals surface area contributed by atoms with Crippen molar-refractivity contribution < 1.29 is 0 Å². The third-order valence-electron chi connectivity index (χ3n) is 6.16. The molecule has 0 N–H and O–H groups in total. The van der Waals surface area contributed by atoms with Gasteiger partial charge in [-0.05, 0) is 57.3 Å². The quantitative estimate of drug-likeness (QED) is 0.187. The highest BCUT2D eigenvalue weighted by atomic mass is 35.5. The molecule has 6 aromatic rings. The molecular formula is C29H16Cl2N2. The molecule has 0 spiro atoms. The fraction of sp³-hybridized carbons (Fsp3) is 0. The third kappa shape index (κ3) is 3.09. The topological polar surface area (TPSA) is 7.60 Å². The highest BCUT2D eigenvalue weighted by Crippen LogP contribution is 2.46. The van der Waals surface area contributed by atoms with Crippen LogP contribution in [0.3, 0.4) is 0 Å². The summed E-state index contributed by atoms with van der Waals surface area (Å²) in [5.41, 5.74) is 3.28. The fourth-order valence-electron chi connectivity index (χ4n) is 4.66. The molecule has 0 amide bonds. The van der Waals surface area contributed by atoms with E-state index in [1.54, 1.807) is 6.07 Å². The standard InChI is InChI=1S/C29H16Cl2N2/c1-32-21-12-14-22(15-13-21)33(26-7-3-6-24(30)29(26)31)25-17-11-20-9-8-18-4-2-5-19-10-16-23(25)28(20)27(18)19/h2-17H. The van der Waals surface area contributed by atoms with E-state index in [4.69, 9.17) is 29.8 Å². The Balaban J connectivity index is 1.71. The van der Waals surface area contributed by atoms with Crippen LogP contribution in [0.5, 0.6) is 0 Å². The molecule has 0 aliphatic heterocycles. The monoisotopic (exact) mass is 462 g/mol. The van der Waals surface area contributed by atoms with E-state index in [2.05, 4.69) is 64.3 Å². The van der Waals surface area contributed by atoms with Crippen LogP contribution in [0, 0.1) is 6.57 Å². The van der Waals surface area contributed by atoms with Crippen molar-refractivity contribution >= 4 is 78.3 Å². The Labute approximate surface area is 201 Å². The van der Waals surface area contributed by atoms with Crippen LogP contribution in [0.25, 0.3) is 37.2 Å². The van der Waals surface area contributed by atoms with Gasteiger partial charge in [0.25, 0.3) is 0 Å². The van der Waals surface area contributed by atoms with E-state index < -0.39 is 0 Å². The van der Waals surface area contributed by atoms with Gasteiger partial charge in [0.1, 0.15) is 0 Å². The second kappa shape index (κ2) is 7.67. The third-order valence-corrected chi connectivity index (χ3v) is 6.96. The van der Waals surface area contributed by atoms with Crippen LogP contribution in [0.15, 0.2) is 97.1 Å². The van der Waals surface area contributed by atoms with Crippen LogP contribution in [0.1, 0.15) is 0 Å². The number of nitrogens with zero attached hydrogens (tertiary/aromatic N) is 2. The second-order valence-electron chi connectivity index (χ2n) is 7.98. The molecule has 0 atom stereocenters. The molecule has 0 aliphatic rings. The van der Waals surface area contributed by atoms with Crippen molar-refractivity contribution in [3.8, 4) is 0 Å². The van der Waals surface area contributed by atoms with Crippen molar-refractivity contribution in [3.63, 3.8) is 0 Å². The second-order valence-corrected chi connectivity index (χ2v) is 8.76. The molecule has 156 valence electrons. The Bertz CT molecular complexity index is 1680. The molecule has 0 saturated carbocycles. The molecule has 2 nitrogen and oxygen atoms in total. The van der Waals surface area contributed by atoms with Gasteiger partial charge in [-0.2, -0.15) is 0 Å². The van der Waals surface area contributed by atoms with Gasteiger partial charge in [-0.3, -0.25) is 0 Å². The molecular weight excluding hydrogens is 447 g/mol. The summed E-state index contributed by atoms with van der Waals surface area (Å²) < 4.78 is 0. The lowest BCUT2D eigenvalue weighted by atomic mass is 9.93. The maximum absolute atomic E-state index is 7.31. The first-order valence-corrected chi connectivity index (χ1v) is 11.3. The maximum atomic E-state index is 7.31. The Morgan fingerprint density at radius 2 is 1.24 bits per heavy atom. The summed E-state index contributed by atoms with van der Waals surface area (Å²) in [5.74, 6) is 0. The van der Waals surface area contributed by atoms with Gasteiger partial charge >= 0.3 is 0 Å². The molecule has 0 radical (unpaired) electrons. The van der Waals surface area contributed by atoms with Crippen LogP contribution in [0.2, 0.25) is 10.0 Å². The minimum atomic E-state index is 0.485. The van der Waals surface area contributed by atoms with Gasteiger partial charge in [-0.15, -0.1) is 0 Å². The first kappa shape index (κ1) is 19.9. The number of benzene rings is 6. The van der Waals surface area contributed by atoms with E-state index in [1.165, 1.54) is 26.9 Å². The van der Waals surface area contributed by atoms with Crippen molar-refractivity contribution in [2.75, 3.05) is 4.90 Å². The Hall–Kier alpha value is -3.77. The summed E-state index contributed by atoms with van der Waals surface area (Å²) in [5, 5.41) is 8.22. The van der Waals surface area contributed by atoms with Crippen LogP contribution in [-0.4, -0.2) is 0 Å². The summed E-state index contributed by atoms with van der Waals surface area (Å²) >= 11 is 13.2. The Morgan fingerprint density at radius 3 is 1.97 bits per heavy atom. The van der Waals surface area contributed by atoms with E-state index in [-0.39, 0.29) is 0 Å². The van der Waals surface area contributed by atoms with E-state index in [9.17, 15) is 0 Å². The highest BCUT2D eigenvalue weighted by Gasteiger charge is 2.20. The smallest absolute Gasteiger partial charge is 0.187 e. The van der Waals surface area contributed by atoms with E-state index in [0.29, 0.717) is 15.7 Å². The molecule has 0 saturated heterocycles. The van der Waals surface area contributed by atoms with Crippen molar-refractivity contribution in [2.45, 2.75) is 0 Å². The predicted molar refractivity (Wildman–Crippen MR) is 141 cm³/mol. The van der Waals surface area contributed by atoms with Gasteiger partial charge in [0, 0.05) is 11.1 Å². The number of hydrogen-bond acceptors (Lipinski definition) is 1. The van der Waals surface area contributed by atoms with Gasteiger partial charge in [0.05, 0.1) is 28.0 Å². The fourth-order valence-corrected chi connectivity index (χ4v) is 5.04. The zero-order valence-corrected chi connectivity index (χ0v) is 18.9. The number of anilines is 3. The van der Waals surface area contributed by atoms with Gasteiger partial charge < -0.3 is 4.90 Å². The van der Waals surface area contributed by atoms with Crippen molar-refractivity contribution in [1.29, 1.82) is 0 Å². The average Bonchev–Trinajstić information content (AvgIpc) is 2.86. The molecule has 4 heteroatoms. The van der Waals surface area contributed by atoms with E-state index >= 15 is 0 Å². The lowest BCUT2D eigenvalue weighted by molar-refractivity contribution is 1.30. The molecule has 6 aromatic carbocycles. The van der Waals surface area contributed by atoms with Crippen LogP contribution in [0.4, 0.5) is 22.7 Å². The summed E-state index contributed by atoms with van der Waals surface area (Å²) in [6, 6.07) is 32.6. The van der Waals surface area contributed by atoms with Gasteiger partial charge in [-0.25, -0.2) is 4.85 Å². The zero-order chi connectivity index (χ0) is 22.5. The highest BCUT2D eigenvalue weighted by molar-refractivity contribution is 6.44. The molecule has 0 fully saturated rings. The average molecular weight is 463 g/mol. The Kier molecular flexibility index (Phi) is 4.62. The largest absolute Gasteiger partial charge is 0.308 e. The number of hydrogen-bond donors (Lipinski definition) is 0. The van der Waals surface area contributed by atoms with Gasteiger partial charge in [0.15, 0.2) is 5.69 Å². The first-order chi connectivity index (χ1) is 16.2. The van der Waals surface area contributed by atoms with Crippen LogP contribution < -0.4 is 4.90 Å². The number of rotatable bonds is 3. The summed E-state index contributed by atoms with van der Waals surface area (Å²) in [6.45, 7) is 7.31. The minimum Gasteiger partial charge on any atom is -0.308 e. The molecule has 0 unspecified atom stereocenters. The summed E-state index contributed by atoms with van der Waals surface area (Å²) in [4.78, 5) is 5.66. The van der Waals surface area contributed by atoms with E-state index in [0.717, 1.165) is 22.4 Å². The minimum absolute atomic E-state index is 0.485. The van der Waals surface area contributed by atoms with Crippen molar-refractivity contribution in [3.05, 3.63) is 119 Å². The van der Waals surface area contributed by atoms with Gasteiger partial charge in [-0.1, -0.05) is 89.9 Å². The number of halogens is 2. The predicted octanol–water partition coefficient (Wildman–Crippen LogP) is 9.91. The summed E-state index contributed by atoms with van der Waals surface area (Å²) in [6.07, 6.45) is 0. The van der Waals surface area contributed by atoms with Crippen molar-refractivity contribution in [1.82, 2.24) is 0 Å². The molecule has 0 aromatic heterocycles. The maximum Gasteiger partial charge on any atom is 0.187 e. The van der Waals surface area contributed by atoms with Gasteiger partial charge in [0.2, 0.25) is 0 Å².